The van der Waals surface area contributed by atoms with Gasteiger partial charge in [-0.05, 0) is 12.5 Å². The van der Waals surface area contributed by atoms with Crippen LogP contribution in [0.1, 0.15) is 12.6 Å². The number of aromatic nitrogens is 3. The molecule has 3 aromatic rings. The van der Waals surface area contributed by atoms with Crippen molar-refractivity contribution in [2.24, 2.45) is 5.16 Å². The maximum absolute atomic E-state index is 13.1. The molecule has 3 aromatic heterocycles. The number of thioether (sulfide) groups is 2. The van der Waals surface area contributed by atoms with Crippen molar-refractivity contribution < 1.29 is 43.9 Å². The number of anilines is 1. The lowest BCUT2D eigenvalue weighted by molar-refractivity contribution is -0.696. The van der Waals surface area contributed by atoms with E-state index >= 15 is 0 Å². The number of β-lactam (4-membered cyclic amide) rings is 1. The van der Waals surface area contributed by atoms with Crippen molar-refractivity contribution in [2.45, 2.75) is 35.3 Å². The van der Waals surface area contributed by atoms with Crippen LogP contribution in [-0.4, -0.2) is 90.2 Å². The van der Waals surface area contributed by atoms with E-state index < -0.39 is 47.0 Å². The molecule has 2 amide bonds. The fourth-order valence-corrected chi connectivity index (χ4v) is 8.20. The fraction of sp³-hybridized carbons (Fsp3) is 0.333. The van der Waals surface area contributed by atoms with Gasteiger partial charge in [-0.15, -0.1) is 34.4 Å². The molecule has 1 saturated heterocycles. The highest BCUT2D eigenvalue weighted by Gasteiger charge is 2.53. The van der Waals surface area contributed by atoms with E-state index in [0.717, 1.165) is 26.5 Å². The summed E-state index contributed by atoms with van der Waals surface area (Å²) < 4.78 is 3.47. The van der Waals surface area contributed by atoms with Crippen LogP contribution in [-0.2, 0) is 30.6 Å². The molecule has 15 nitrogen and oxygen atoms in total. The molecule has 1 unspecified atom stereocenters. The number of nitrogens with two attached hydrogens (primary N) is 1. The Morgan fingerprint density at radius 2 is 2.19 bits per heavy atom. The molecular formula is C24H23N7O8S4. The summed E-state index contributed by atoms with van der Waals surface area (Å²) in [6.45, 7) is 1.65. The number of carbonyl (C=O) groups is 4. The number of thiazole rings is 2. The Hall–Kier alpha value is -3.78. The van der Waals surface area contributed by atoms with E-state index in [1.165, 1.54) is 47.2 Å². The molecule has 0 spiro atoms. The highest BCUT2D eigenvalue weighted by atomic mass is 32.2. The normalized spacial score (nSPS) is 19.2. The summed E-state index contributed by atoms with van der Waals surface area (Å²) >= 11 is 5.08. The molecule has 5 rings (SSSR count). The molecular weight excluding hydrogens is 643 g/mol. The first-order chi connectivity index (χ1) is 20.6. The summed E-state index contributed by atoms with van der Waals surface area (Å²) in [5, 5.41) is 37.4. The van der Waals surface area contributed by atoms with Crippen molar-refractivity contribution >= 4 is 91.0 Å². The number of amides is 2. The number of aliphatic carboxylic acids is 2. The van der Waals surface area contributed by atoms with E-state index in [4.69, 9.17) is 20.8 Å². The quantitative estimate of drug-likeness (QED) is 0.0600. The monoisotopic (exact) mass is 665 g/mol. The predicted octanol–water partition coefficient (Wildman–Crippen LogP) is -0.995. The van der Waals surface area contributed by atoms with Crippen LogP contribution in [0.3, 0.4) is 0 Å². The van der Waals surface area contributed by atoms with Crippen LogP contribution < -0.4 is 20.7 Å². The number of carbonyl (C=O) groups excluding carboxylic acids is 3. The zero-order chi connectivity index (χ0) is 30.8. The second kappa shape index (κ2) is 12.8. The molecule has 5 N–H and O–H groups in total. The van der Waals surface area contributed by atoms with Crippen LogP contribution in [0.4, 0.5) is 5.13 Å². The average Bonchev–Trinajstić information content (AvgIpc) is 3.59. The summed E-state index contributed by atoms with van der Waals surface area (Å²) in [7, 11) is 0. The number of carboxylic acid groups (broad SMARTS) is 2. The third kappa shape index (κ3) is 6.44. The summed E-state index contributed by atoms with van der Waals surface area (Å²) in [6.07, 6.45) is 2.30. The molecule has 0 aliphatic carbocycles. The minimum absolute atomic E-state index is 0.00332. The first-order valence-corrected chi connectivity index (χ1v) is 16.2. The number of hydrogen-bond acceptors (Lipinski definition) is 15. The zero-order valence-electron chi connectivity index (χ0n) is 22.2. The summed E-state index contributed by atoms with van der Waals surface area (Å²) in [4.78, 5) is 64.2. The number of aliphatic hydroxyl groups excluding tert-OH is 1. The zero-order valence-corrected chi connectivity index (χ0v) is 25.4. The molecule has 5 heterocycles. The van der Waals surface area contributed by atoms with Gasteiger partial charge >= 0.3 is 5.97 Å². The Morgan fingerprint density at radius 3 is 2.86 bits per heavy atom. The van der Waals surface area contributed by atoms with Crippen molar-refractivity contribution in [3.05, 3.63) is 40.8 Å². The average molecular weight is 666 g/mol. The van der Waals surface area contributed by atoms with E-state index in [2.05, 4.69) is 20.4 Å². The van der Waals surface area contributed by atoms with Gasteiger partial charge in [0, 0.05) is 23.0 Å². The highest BCUT2D eigenvalue weighted by molar-refractivity contribution is 8.02. The van der Waals surface area contributed by atoms with Crippen LogP contribution >= 0.6 is 46.2 Å². The van der Waals surface area contributed by atoms with Gasteiger partial charge in [0.1, 0.15) is 29.2 Å². The van der Waals surface area contributed by atoms with Crippen LogP contribution in [0, 0.1) is 0 Å². The number of fused-ring (bicyclic) bond motifs is 2. The number of nitrogens with one attached hydrogen (secondary N) is 1. The molecule has 43 heavy (non-hydrogen) atoms. The van der Waals surface area contributed by atoms with Gasteiger partial charge in [0.25, 0.3) is 11.8 Å². The standard InChI is InChI=1S/C24H23N7O8S4/c1-10(21(35)36)39-29-15(13-9-41-23(25)26-13)18(33)28-16-19(34)31-17(22(37)38)11(7-40-20(16)31)8-42-24-27-12-6-30(4-5-32)3-2-14(12)43-24/h2-3,6,9-10,16,20,32H,4-5,7-8H2,1H3,(H4-,25,26,28,33,35,36,37,38)/b29-15-/t10-,16?,20-/m0/s1. The van der Waals surface area contributed by atoms with Crippen LogP contribution in [0.25, 0.3) is 10.2 Å². The molecule has 2 aliphatic rings. The number of nitrogens with zero attached hydrogens (tertiary/aromatic N) is 5. The molecule has 3 atom stereocenters. The first kappa shape index (κ1) is 30.7. The Labute approximate surface area is 259 Å². The van der Waals surface area contributed by atoms with E-state index in [1.54, 1.807) is 0 Å². The van der Waals surface area contributed by atoms with Crippen LogP contribution in [0.5, 0.6) is 0 Å². The van der Waals surface area contributed by atoms with Gasteiger partial charge in [-0.3, -0.25) is 14.5 Å². The Balaban J connectivity index is 1.30. The molecule has 226 valence electrons. The van der Waals surface area contributed by atoms with Crippen molar-refractivity contribution in [1.29, 1.82) is 0 Å². The number of pyridine rings is 1. The Bertz CT molecular complexity index is 1670. The largest absolute Gasteiger partial charge is 0.543 e. The van der Waals surface area contributed by atoms with Crippen LogP contribution in [0.15, 0.2) is 44.6 Å². The molecule has 1 fully saturated rings. The molecule has 0 radical (unpaired) electrons. The van der Waals surface area contributed by atoms with E-state index in [-0.39, 0.29) is 34.6 Å². The number of nitrogen functional groups attached to an aromatic ring is 1. The first-order valence-electron chi connectivity index (χ1n) is 12.5. The molecule has 0 aromatic carbocycles. The number of rotatable bonds is 12. The number of aliphatic hydroxyl groups is 1. The van der Waals surface area contributed by atoms with E-state index in [9.17, 15) is 24.3 Å². The summed E-state index contributed by atoms with van der Waals surface area (Å²) in [5.74, 6) is -3.84. The smallest absolute Gasteiger partial charge is 0.347 e. The lowest BCUT2D eigenvalue weighted by Crippen LogP contribution is -2.71. The molecule has 2 aliphatic heterocycles. The van der Waals surface area contributed by atoms with Gasteiger partial charge in [0.05, 0.1) is 16.4 Å². The van der Waals surface area contributed by atoms with E-state index in [0.29, 0.717) is 16.5 Å². The van der Waals surface area contributed by atoms with Gasteiger partial charge < -0.3 is 36.0 Å². The minimum atomic E-state index is -1.51. The Morgan fingerprint density at radius 1 is 1.40 bits per heavy atom. The van der Waals surface area contributed by atoms with Gasteiger partial charge in [-0.25, -0.2) is 19.3 Å². The fourth-order valence-electron chi connectivity index (χ4n) is 4.13. The maximum atomic E-state index is 13.1. The van der Waals surface area contributed by atoms with Gasteiger partial charge in [0.15, 0.2) is 34.1 Å². The van der Waals surface area contributed by atoms with Gasteiger partial charge in [-0.1, -0.05) is 16.9 Å². The number of hydrogen-bond donors (Lipinski definition) is 4. The summed E-state index contributed by atoms with van der Waals surface area (Å²) in [5.41, 5.74) is 6.28. The van der Waals surface area contributed by atoms with Crippen molar-refractivity contribution in [3.8, 4) is 0 Å². The predicted molar refractivity (Wildman–Crippen MR) is 156 cm³/mol. The Kier molecular flexibility index (Phi) is 9.16. The van der Waals surface area contributed by atoms with Crippen LogP contribution in [0.2, 0.25) is 0 Å². The summed E-state index contributed by atoms with van der Waals surface area (Å²) in [6, 6.07) is 0.805. The van der Waals surface area contributed by atoms with Crippen molar-refractivity contribution in [2.75, 3.05) is 23.8 Å². The number of carboxylic acids is 2. The second-order valence-corrected chi connectivity index (χ2v) is 13.4. The van der Waals surface area contributed by atoms with Crippen molar-refractivity contribution in [1.82, 2.24) is 20.2 Å². The lowest BCUT2D eigenvalue weighted by Gasteiger charge is -2.50. The third-order valence-corrected chi connectivity index (χ3v) is 10.5. The lowest BCUT2D eigenvalue weighted by atomic mass is 10.0. The SMILES string of the molecule is C[C@H](O/N=C(\C(=O)NC1C(=O)N2C(C(=O)[O-])=C(CSc3nc4c[n+](CCO)ccc4s3)CS[C@@H]12)c1csc(N)n1)C(=O)O. The van der Waals surface area contributed by atoms with Gasteiger partial charge in [0.2, 0.25) is 6.10 Å². The maximum Gasteiger partial charge on any atom is 0.347 e. The molecule has 19 heteroatoms. The molecule has 0 bridgehead atoms. The third-order valence-electron chi connectivity index (χ3n) is 6.25. The van der Waals surface area contributed by atoms with Crippen molar-refractivity contribution in [3.63, 3.8) is 0 Å². The van der Waals surface area contributed by atoms with Gasteiger partial charge in [-0.2, -0.15) is 0 Å². The van der Waals surface area contributed by atoms with E-state index in [1.807, 2.05) is 23.0 Å². The number of oxime groups is 1. The second-order valence-electron chi connectivity index (χ2n) is 9.12. The topological polar surface area (TPSA) is 224 Å². The molecule has 0 saturated carbocycles. The minimum Gasteiger partial charge on any atom is -0.543 e. The highest BCUT2D eigenvalue weighted by Crippen LogP contribution is 2.42.